The van der Waals surface area contributed by atoms with Gasteiger partial charge >= 0.3 is 11.6 Å². The highest BCUT2D eigenvalue weighted by Gasteiger charge is 2.14. The Hall–Kier alpha value is -3.28. The van der Waals surface area contributed by atoms with E-state index in [-0.39, 0.29) is 13.2 Å². The van der Waals surface area contributed by atoms with Gasteiger partial charge in [0.2, 0.25) is 0 Å². The third-order valence-corrected chi connectivity index (χ3v) is 4.72. The minimum Gasteiger partial charge on any atom is -0.490 e. The molecule has 0 amide bonds. The van der Waals surface area contributed by atoms with Gasteiger partial charge in [-0.05, 0) is 55.2 Å². The molecular weight excluding hydrogens is 384 g/mol. The number of carbonyl (C=O) groups is 1. The Bertz CT molecular complexity index is 1100. The minimum atomic E-state index is -0.543. The van der Waals surface area contributed by atoms with Crippen LogP contribution in [-0.4, -0.2) is 19.2 Å². The monoisotopic (exact) mass is 410 g/mol. The van der Waals surface area contributed by atoms with Gasteiger partial charge in [0.25, 0.3) is 0 Å². The summed E-state index contributed by atoms with van der Waals surface area (Å²) in [5.74, 6) is 0.810. The van der Waals surface area contributed by atoms with Crippen LogP contribution in [0.4, 0.5) is 0 Å². The maximum Gasteiger partial charge on any atom is 0.344 e. The van der Waals surface area contributed by atoms with Gasteiger partial charge in [-0.3, -0.25) is 0 Å². The zero-order valence-corrected chi connectivity index (χ0v) is 17.7. The average Bonchev–Trinajstić information content (AvgIpc) is 2.70. The van der Waals surface area contributed by atoms with E-state index >= 15 is 0 Å². The lowest BCUT2D eigenvalue weighted by Gasteiger charge is -2.14. The average molecular weight is 410 g/mol. The SMILES string of the molecule is CCOc1ccccc1OCC(=O)OCc1cc(=O)oc2cc(C)c(C(C)C)cc12. The highest BCUT2D eigenvalue weighted by Crippen LogP contribution is 2.28. The molecule has 158 valence electrons. The van der Waals surface area contributed by atoms with Gasteiger partial charge in [-0.25, -0.2) is 9.59 Å². The number of para-hydroxylation sites is 2. The van der Waals surface area contributed by atoms with E-state index in [2.05, 4.69) is 13.8 Å². The molecule has 0 saturated carbocycles. The van der Waals surface area contributed by atoms with E-state index in [0.29, 0.717) is 35.2 Å². The summed E-state index contributed by atoms with van der Waals surface area (Å²) in [4.78, 5) is 24.2. The third-order valence-electron chi connectivity index (χ3n) is 4.72. The fraction of sp³-hybridized carbons (Fsp3) is 0.333. The minimum absolute atomic E-state index is 0.0437. The van der Waals surface area contributed by atoms with Gasteiger partial charge in [-0.15, -0.1) is 0 Å². The Morgan fingerprint density at radius 2 is 1.77 bits per heavy atom. The summed E-state index contributed by atoms with van der Waals surface area (Å²) in [5.41, 5.74) is 2.81. The van der Waals surface area contributed by atoms with Crippen molar-refractivity contribution in [2.24, 2.45) is 0 Å². The maximum atomic E-state index is 12.2. The van der Waals surface area contributed by atoms with Crippen LogP contribution in [0.15, 0.2) is 51.7 Å². The van der Waals surface area contributed by atoms with Gasteiger partial charge in [0.05, 0.1) is 6.61 Å². The standard InChI is InChI=1S/C24H26O6/c1-5-27-20-8-6-7-9-21(20)28-14-24(26)29-13-17-11-23(25)30-22-10-16(4)18(15(2)3)12-19(17)22/h6-12,15H,5,13-14H2,1-4H3. The quantitative estimate of drug-likeness (QED) is 0.394. The first-order valence-electron chi connectivity index (χ1n) is 9.96. The van der Waals surface area contributed by atoms with Crippen molar-refractivity contribution in [1.29, 1.82) is 0 Å². The summed E-state index contributed by atoms with van der Waals surface area (Å²) in [6.07, 6.45) is 0. The molecule has 3 rings (SSSR count). The third kappa shape index (κ3) is 5.00. The van der Waals surface area contributed by atoms with Gasteiger partial charge in [-0.1, -0.05) is 26.0 Å². The molecular formula is C24H26O6. The van der Waals surface area contributed by atoms with Crippen molar-refractivity contribution in [3.63, 3.8) is 0 Å². The molecule has 0 aliphatic carbocycles. The molecule has 0 N–H and O–H groups in total. The molecule has 0 aliphatic rings. The number of benzene rings is 2. The van der Waals surface area contributed by atoms with E-state index in [4.69, 9.17) is 18.6 Å². The van der Waals surface area contributed by atoms with Gasteiger partial charge in [0.15, 0.2) is 18.1 Å². The van der Waals surface area contributed by atoms with E-state index < -0.39 is 11.6 Å². The highest BCUT2D eigenvalue weighted by atomic mass is 16.6. The van der Waals surface area contributed by atoms with Gasteiger partial charge in [-0.2, -0.15) is 0 Å². The Morgan fingerprint density at radius 1 is 1.07 bits per heavy atom. The van der Waals surface area contributed by atoms with E-state index in [0.717, 1.165) is 16.5 Å². The number of hydrogen-bond acceptors (Lipinski definition) is 6. The second-order valence-corrected chi connectivity index (χ2v) is 7.28. The highest BCUT2D eigenvalue weighted by molar-refractivity contribution is 5.82. The van der Waals surface area contributed by atoms with Crippen molar-refractivity contribution >= 4 is 16.9 Å². The summed E-state index contributed by atoms with van der Waals surface area (Å²) in [6.45, 7) is 8.25. The lowest BCUT2D eigenvalue weighted by molar-refractivity contribution is -0.147. The number of aryl methyl sites for hydroxylation is 1. The summed E-state index contributed by atoms with van der Waals surface area (Å²) >= 11 is 0. The summed E-state index contributed by atoms with van der Waals surface area (Å²) < 4.78 is 21.7. The zero-order valence-electron chi connectivity index (χ0n) is 17.7. The van der Waals surface area contributed by atoms with Crippen LogP contribution < -0.4 is 15.1 Å². The molecule has 30 heavy (non-hydrogen) atoms. The number of carbonyl (C=O) groups excluding carboxylic acids is 1. The van der Waals surface area contributed by atoms with Gasteiger partial charge in [0, 0.05) is 17.0 Å². The normalized spacial score (nSPS) is 11.0. The Labute approximate surface area is 175 Å². The zero-order chi connectivity index (χ0) is 21.7. The molecule has 6 nitrogen and oxygen atoms in total. The van der Waals surface area contributed by atoms with Crippen LogP contribution in [0.25, 0.3) is 11.0 Å². The van der Waals surface area contributed by atoms with Crippen molar-refractivity contribution in [2.45, 2.75) is 40.2 Å². The molecule has 3 aromatic rings. The van der Waals surface area contributed by atoms with Crippen LogP contribution in [0.3, 0.4) is 0 Å². The smallest absolute Gasteiger partial charge is 0.344 e. The second kappa shape index (κ2) is 9.48. The Kier molecular flexibility index (Phi) is 6.77. The van der Waals surface area contributed by atoms with E-state index in [1.807, 2.05) is 32.0 Å². The van der Waals surface area contributed by atoms with Crippen LogP contribution in [0.2, 0.25) is 0 Å². The van der Waals surface area contributed by atoms with E-state index in [1.165, 1.54) is 6.07 Å². The Morgan fingerprint density at radius 3 is 2.43 bits per heavy atom. The second-order valence-electron chi connectivity index (χ2n) is 7.28. The molecule has 0 fully saturated rings. The molecule has 2 aromatic carbocycles. The fourth-order valence-corrected chi connectivity index (χ4v) is 3.31. The first kappa shape index (κ1) is 21.4. The largest absolute Gasteiger partial charge is 0.490 e. The molecule has 0 bridgehead atoms. The molecule has 1 aromatic heterocycles. The molecule has 0 aliphatic heterocycles. The molecule has 0 saturated heterocycles. The number of ether oxygens (including phenoxy) is 3. The fourth-order valence-electron chi connectivity index (χ4n) is 3.31. The van der Waals surface area contributed by atoms with Gasteiger partial charge in [0.1, 0.15) is 12.2 Å². The van der Waals surface area contributed by atoms with Gasteiger partial charge < -0.3 is 18.6 Å². The topological polar surface area (TPSA) is 75.0 Å². The van der Waals surface area contributed by atoms with E-state index in [1.54, 1.807) is 18.2 Å². The number of fused-ring (bicyclic) bond motifs is 1. The van der Waals surface area contributed by atoms with Crippen LogP contribution in [0.5, 0.6) is 11.5 Å². The molecule has 0 spiro atoms. The lowest BCUT2D eigenvalue weighted by Crippen LogP contribution is -2.16. The first-order valence-corrected chi connectivity index (χ1v) is 9.96. The van der Waals surface area contributed by atoms with Crippen molar-refractivity contribution in [3.05, 3.63) is 69.6 Å². The van der Waals surface area contributed by atoms with Crippen molar-refractivity contribution in [3.8, 4) is 11.5 Å². The number of rotatable bonds is 8. The van der Waals surface area contributed by atoms with E-state index in [9.17, 15) is 9.59 Å². The van der Waals surface area contributed by atoms with Crippen LogP contribution in [0.1, 0.15) is 43.4 Å². The van der Waals surface area contributed by atoms with Crippen molar-refractivity contribution < 1.29 is 23.4 Å². The van der Waals surface area contributed by atoms with Crippen molar-refractivity contribution in [2.75, 3.05) is 13.2 Å². The lowest BCUT2D eigenvalue weighted by atomic mass is 9.95. The summed E-state index contributed by atoms with van der Waals surface area (Å²) in [6, 6.07) is 12.3. The molecule has 6 heteroatoms. The van der Waals surface area contributed by atoms with Crippen LogP contribution in [0, 0.1) is 6.92 Å². The van der Waals surface area contributed by atoms with Crippen LogP contribution >= 0.6 is 0 Å². The number of hydrogen-bond donors (Lipinski definition) is 0. The van der Waals surface area contributed by atoms with Crippen LogP contribution in [-0.2, 0) is 16.1 Å². The predicted molar refractivity (Wildman–Crippen MR) is 114 cm³/mol. The first-order chi connectivity index (χ1) is 14.4. The number of esters is 1. The molecule has 0 radical (unpaired) electrons. The maximum absolute atomic E-state index is 12.2. The molecule has 0 atom stereocenters. The molecule has 1 heterocycles. The van der Waals surface area contributed by atoms with Crippen molar-refractivity contribution in [1.82, 2.24) is 0 Å². The predicted octanol–water partition coefficient (Wildman–Crippen LogP) is 4.75. The summed E-state index contributed by atoms with van der Waals surface area (Å²) in [5, 5.41) is 0.763. The molecule has 0 unspecified atom stereocenters. The summed E-state index contributed by atoms with van der Waals surface area (Å²) in [7, 11) is 0. The Balaban J connectivity index is 1.73.